The predicted molar refractivity (Wildman–Crippen MR) is 54.3 cm³/mol. The van der Waals surface area contributed by atoms with Crippen LogP contribution >= 0.6 is 0 Å². The lowest BCUT2D eigenvalue weighted by Crippen LogP contribution is -2.38. The van der Waals surface area contributed by atoms with Crippen LogP contribution in [0.1, 0.15) is 47.0 Å². The van der Waals surface area contributed by atoms with Crippen molar-refractivity contribution in [3.8, 4) is 0 Å². The molecule has 72 valence electrons. The molecular weight excluding hydrogens is 146 g/mol. The monoisotopic (exact) mass is 169 g/mol. The average molecular weight is 169 g/mol. The lowest BCUT2D eigenvalue weighted by molar-refractivity contribution is 0.369. The van der Waals surface area contributed by atoms with Crippen LogP contribution in [-0.2, 0) is 0 Å². The molecule has 1 fully saturated rings. The summed E-state index contributed by atoms with van der Waals surface area (Å²) < 4.78 is 0. The predicted octanol–water partition coefficient (Wildman–Crippen LogP) is 2.81. The Balaban J connectivity index is 2.16. The first-order valence-electron chi connectivity index (χ1n) is 5.22. The van der Waals surface area contributed by atoms with E-state index in [0.29, 0.717) is 5.54 Å². The fraction of sp³-hybridized carbons (Fsp3) is 1.00. The zero-order valence-corrected chi connectivity index (χ0v) is 8.98. The molecule has 1 rings (SSSR count). The molecule has 0 radical (unpaired) electrons. The van der Waals surface area contributed by atoms with E-state index in [1.54, 1.807) is 0 Å². The van der Waals surface area contributed by atoms with Gasteiger partial charge in [-0.05, 0) is 52.0 Å². The van der Waals surface area contributed by atoms with Crippen molar-refractivity contribution in [2.75, 3.05) is 6.54 Å². The highest BCUT2D eigenvalue weighted by Crippen LogP contribution is 2.29. The van der Waals surface area contributed by atoms with Crippen molar-refractivity contribution in [1.82, 2.24) is 5.32 Å². The average Bonchev–Trinajstić information content (AvgIpc) is 2.30. The molecule has 1 N–H and O–H groups in total. The molecule has 1 nitrogen and oxygen atoms in total. The minimum absolute atomic E-state index is 0.297. The van der Waals surface area contributed by atoms with Gasteiger partial charge in [-0.3, -0.25) is 0 Å². The Morgan fingerprint density at radius 3 is 2.33 bits per heavy atom. The van der Waals surface area contributed by atoms with Gasteiger partial charge >= 0.3 is 0 Å². The third kappa shape index (κ3) is 3.57. The maximum absolute atomic E-state index is 3.58. The normalized spacial score (nSPS) is 31.0. The molecule has 1 saturated carbocycles. The molecule has 0 bridgehead atoms. The number of hydrogen-bond donors (Lipinski definition) is 1. The molecule has 0 saturated heterocycles. The zero-order chi connectivity index (χ0) is 9.19. The van der Waals surface area contributed by atoms with E-state index in [9.17, 15) is 0 Å². The minimum atomic E-state index is 0.297. The zero-order valence-electron chi connectivity index (χ0n) is 8.98. The molecular formula is C11H23N. The van der Waals surface area contributed by atoms with E-state index in [0.717, 1.165) is 11.8 Å². The molecule has 0 spiro atoms. The van der Waals surface area contributed by atoms with Gasteiger partial charge in [0.1, 0.15) is 0 Å². The number of rotatable bonds is 2. The summed E-state index contributed by atoms with van der Waals surface area (Å²) in [4.78, 5) is 0. The summed E-state index contributed by atoms with van der Waals surface area (Å²) in [6, 6.07) is 0. The topological polar surface area (TPSA) is 12.0 Å². The van der Waals surface area contributed by atoms with Gasteiger partial charge in [0.25, 0.3) is 0 Å². The van der Waals surface area contributed by atoms with Gasteiger partial charge in [0, 0.05) is 5.54 Å². The standard InChI is InChI=1S/C11H23N/c1-9-5-6-10(7-9)8-12-11(2,3)4/h9-10,12H,5-8H2,1-4H3. The van der Waals surface area contributed by atoms with Gasteiger partial charge in [-0.1, -0.05) is 13.3 Å². The van der Waals surface area contributed by atoms with Crippen LogP contribution in [-0.4, -0.2) is 12.1 Å². The molecule has 0 aromatic carbocycles. The molecule has 0 aliphatic heterocycles. The molecule has 0 amide bonds. The van der Waals surface area contributed by atoms with Gasteiger partial charge in [0.2, 0.25) is 0 Å². The Labute approximate surface area is 76.9 Å². The van der Waals surface area contributed by atoms with E-state index in [4.69, 9.17) is 0 Å². The molecule has 0 heterocycles. The van der Waals surface area contributed by atoms with Crippen LogP contribution in [0.25, 0.3) is 0 Å². The van der Waals surface area contributed by atoms with Crippen molar-refractivity contribution in [3.63, 3.8) is 0 Å². The first kappa shape index (κ1) is 10.0. The SMILES string of the molecule is CC1CCC(CNC(C)(C)C)C1. The smallest absolute Gasteiger partial charge is 0.00966 e. The van der Waals surface area contributed by atoms with Crippen molar-refractivity contribution in [2.45, 2.75) is 52.5 Å². The Bertz CT molecular complexity index is 134. The first-order valence-corrected chi connectivity index (χ1v) is 5.22. The molecule has 12 heavy (non-hydrogen) atoms. The van der Waals surface area contributed by atoms with Gasteiger partial charge < -0.3 is 5.32 Å². The molecule has 0 aromatic heterocycles. The first-order chi connectivity index (χ1) is 5.47. The summed E-state index contributed by atoms with van der Waals surface area (Å²) in [6.45, 7) is 10.3. The maximum Gasteiger partial charge on any atom is 0.00966 e. The highest BCUT2D eigenvalue weighted by atomic mass is 14.9. The van der Waals surface area contributed by atoms with Crippen LogP contribution in [0.15, 0.2) is 0 Å². The van der Waals surface area contributed by atoms with Crippen LogP contribution in [0.2, 0.25) is 0 Å². The third-order valence-corrected chi connectivity index (χ3v) is 2.72. The lowest BCUT2D eigenvalue weighted by atomic mass is 10.0. The van der Waals surface area contributed by atoms with E-state index in [-0.39, 0.29) is 0 Å². The summed E-state index contributed by atoms with van der Waals surface area (Å²) in [5, 5.41) is 3.58. The second kappa shape index (κ2) is 3.78. The number of nitrogens with one attached hydrogen (secondary N) is 1. The van der Waals surface area contributed by atoms with Gasteiger partial charge in [-0.2, -0.15) is 0 Å². The van der Waals surface area contributed by atoms with Gasteiger partial charge in [-0.15, -0.1) is 0 Å². The van der Waals surface area contributed by atoms with Crippen molar-refractivity contribution in [3.05, 3.63) is 0 Å². The van der Waals surface area contributed by atoms with Crippen LogP contribution in [0.3, 0.4) is 0 Å². The Hall–Kier alpha value is -0.0400. The highest BCUT2D eigenvalue weighted by Gasteiger charge is 2.22. The van der Waals surface area contributed by atoms with Gasteiger partial charge in [-0.25, -0.2) is 0 Å². The minimum Gasteiger partial charge on any atom is -0.312 e. The van der Waals surface area contributed by atoms with Crippen LogP contribution < -0.4 is 5.32 Å². The molecule has 1 aliphatic rings. The third-order valence-electron chi connectivity index (χ3n) is 2.72. The van der Waals surface area contributed by atoms with E-state index in [1.807, 2.05) is 0 Å². The Kier molecular flexibility index (Phi) is 3.16. The van der Waals surface area contributed by atoms with Crippen molar-refractivity contribution >= 4 is 0 Å². The molecule has 1 heteroatoms. The van der Waals surface area contributed by atoms with Gasteiger partial charge in [0.05, 0.1) is 0 Å². The van der Waals surface area contributed by atoms with Crippen LogP contribution in [0, 0.1) is 11.8 Å². The highest BCUT2D eigenvalue weighted by molar-refractivity contribution is 4.78. The summed E-state index contributed by atoms with van der Waals surface area (Å²) in [5.41, 5.74) is 0.297. The van der Waals surface area contributed by atoms with Crippen LogP contribution in [0.5, 0.6) is 0 Å². The molecule has 2 atom stereocenters. The second-order valence-corrected chi connectivity index (χ2v) is 5.42. The van der Waals surface area contributed by atoms with E-state index >= 15 is 0 Å². The lowest BCUT2D eigenvalue weighted by Gasteiger charge is -2.23. The van der Waals surface area contributed by atoms with Gasteiger partial charge in [0.15, 0.2) is 0 Å². The molecule has 1 aliphatic carbocycles. The Morgan fingerprint density at radius 2 is 1.92 bits per heavy atom. The maximum atomic E-state index is 3.58. The molecule has 0 aromatic rings. The van der Waals surface area contributed by atoms with Crippen molar-refractivity contribution < 1.29 is 0 Å². The van der Waals surface area contributed by atoms with E-state index < -0.39 is 0 Å². The quantitative estimate of drug-likeness (QED) is 0.670. The van der Waals surface area contributed by atoms with Crippen LogP contribution in [0.4, 0.5) is 0 Å². The fourth-order valence-electron chi connectivity index (χ4n) is 1.96. The summed E-state index contributed by atoms with van der Waals surface area (Å²) >= 11 is 0. The fourth-order valence-corrected chi connectivity index (χ4v) is 1.96. The molecule has 2 unspecified atom stereocenters. The van der Waals surface area contributed by atoms with Crippen molar-refractivity contribution in [2.24, 2.45) is 11.8 Å². The summed E-state index contributed by atoms with van der Waals surface area (Å²) in [5.74, 6) is 1.91. The van der Waals surface area contributed by atoms with E-state index in [2.05, 4.69) is 33.0 Å². The number of hydrogen-bond acceptors (Lipinski definition) is 1. The Morgan fingerprint density at radius 1 is 1.25 bits per heavy atom. The summed E-state index contributed by atoms with van der Waals surface area (Å²) in [6.07, 6.45) is 4.31. The van der Waals surface area contributed by atoms with Crippen molar-refractivity contribution in [1.29, 1.82) is 0 Å². The largest absolute Gasteiger partial charge is 0.312 e. The summed E-state index contributed by atoms with van der Waals surface area (Å²) in [7, 11) is 0. The second-order valence-electron chi connectivity index (χ2n) is 5.42. The van der Waals surface area contributed by atoms with E-state index in [1.165, 1.54) is 25.8 Å².